The van der Waals surface area contributed by atoms with Gasteiger partial charge in [-0.15, -0.1) is 0 Å². The molecular formula is C10H8O3. The summed E-state index contributed by atoms with van der Waals surface area (Å²) in [7, 11) is 0. The van der Waals surface area contributed by atoms with E-state index in [0.717, 1.165) is 21.6 Å². The van der Waals surface area contributed by atoms with E-state index in [1.807, 2.05) is 6.07 Å². The molecule has 2 aliphatic rings. The third-order valence-electron chi connectivity index (χ3n) is 2.44. The molecular weight excluding hydrogens is 168 g/mol. The molecule has 13 heavy (non-hydrogen) atoms. The first kappa shape index (κ1) is 6.83. The van der Waals surface area contributed by atoms with Crippen LogP contribution in [-0.2, 0) is 22.7 Å². The van der Waals surface area contributed by atoms with Gasteiger partial charge in [0.15, 0.2) is 0 Å². The molecule has 1 aromatic carbocycles. The van der Waals surface area contributed by atoms with Crippen LogP contribution in [0.25, 0.3) is 12.5 Å². The van der Waals surface area contributed by atoms with Crippen molar-refractivity contribution in [2.75, 3.05) is 0 Å². The number of benzene rings is 1. The molecule has 3 rings (SSSR count). The fourth-order valence-corrected chi connectivity index (χ4v) is 1.74. The van der Waals surface area contributed by atoms with Crippen LogP contribution in [-0.4, -0.2) is 5.11 Å². The van der Waals surface area contributed by atoms with Gasteiger partial charge in [0, 0.05) is 16.3 Å². The molecule has 3 heteroatoms. The molecule has 0 fully saturated rings. The SMILES string of the molecule is Oc1c2c(cc3c1=COC3)=COC2. The summed E-state index contributed by atoms with van der Waals surface area (Å²) < 4.78 is 10.3. The minimum atomic E-state index is 0.304. The number of aromatic hydroxyl groups is 1. The second kappa shape index (κ2) is 2.19. The largest absolute Gasteiger partial charge is 0.507 e. The molecule has 2 aliphatic heterocycles. The predicted molar refractivity (Wildman–Crippen MR) is 45.9 cm³/mol. The standard InChI is InChI=1S/C10H8O3/c11-10-8-4-12-2-6(8)1-7-3-13-5-9(7)10/h1-2,5,11H,3-4H2. The van der Waals surface area contributed by atoms with Crippen molar-refractivity contribution in [3.8, 4) is 5.75 Å². The zero-order chi connectivity index (χ0) is 8.84. The first-order chi connectivity index (χ1) is 6.36. The summed E-state index contributed by atoms with van der Waals surface area (Å²) in [5, 5.41) is 11.6. The van der Waals surface area contributed by atoms with Crippen molar-refractivity contribution in [3.63, 3.8) is 0 Å². The van der Waals surface area contributed by atoms with E-state index in [0.29, 0.717) is 19.0 Å². The minimum Gasteiger partial charge on any atom is -0.507 e. The molecule has 0 spiro atoms. The number of phenols is 1. The lowest BCUT2D eigenvalue weighted by atomic mass is 10.1. The van der Waals surface area contributed by atoms with E-state index < -0.39 is 0 Å². The molecule has 1 aromatic rings. The maximum Gasteiger partial charge on any atom is 0.133 e. The lowest BCUT2D eigenvalue weighted by Crippen LogP contribution is -2.15. The maximum absolute atomic E-state index is 9.82. The Bertz CT molecular complexity index is 488. The maximum atomic E-state index is 9.82. The van der Waals surface area contributed by atoms with Crippen molar-refractivity contribution in [1.29, 1.82) is 0 Å². The van der Waals surface area contributed by atoms with Gasteiger partial charge < -0.3 is 14.6 Å². The molecule has 66 valence electrons. The van der Waals surface area contributed by atoms with Gasteiger partial charge in [0.05, 0.1) is 17.7 Å². The summed E-state index contributed by atoms with van der Waals surface area (Å²) in [6.07, 6.45) is 3.27. The lowest BCUT2D eigenvalue weighted by Gasteiger charge is -1.99. The molecule has 2 heterocycles. The van der Waals surface area contributed by atoms with Crippen molar-refractivity contribution < 1.29 is 14.6 Å². The second-order valence-corrected chi connectivity index (χ2v) is 3.22. The van der Waals surface area contributed by atoms with E-state index in [4.69, 9.17) is 9.47 Å². The van der Waals surface area contributed by atoms with Crippen LogP contribution in [0, 0.1) is 0 Å². The molecule has 0 aromatic heterocycles. The molecule has 0 bridgehead atoms. The van der Waals surface area contributed by atoms with Crippen molar-refractivity contribution >= 4 is 12.5 Å². The van der Waals surface area contributed by atoms with Crippen LogP contribution in [0.3, 0.4) is 0 Å². The average molecular weight is 176 g/mol. The fraction of sp³-hybridized carbons (Fsp3) is 0.200. The molecule has 0 amide bonds. The quantitative estimate of drug-likeness (QED) is 0.601. The third kappa shape index (κ3) is 0.786. The summed E-state index contributed by atoms with van der Waals surface area (Å²) in [6.45, 7) is 1.01. The highest BCUT2D eigenvalue weighted by Crippen LogP contribution is 2.16. The second-order valence-electron chi connectivity index (χ2n) is 3.22. The van der Waals surface area contributed by atoms with Gasteiger partial charge in [-0.1, -0.05) is 0 Å². The number of hydrogen-bond acceptors (Lipinski definition) is 3. The van der Waals surface area contributed by atoms with E-state index in [9.17, 15) is 5.11 Å². The van der Waals surface area contributed by atoms with E-state index in [-0.39, 0.29) is 0 Å². The van der Waals surface area contributed by atoms with Crippen LogP contribution in [0.15, 0.2) is 6.07 Å². The van der Waals surface area contributed by atoms with Crippen LogP contribution in [0.2, 0.25) is 0 Å². The van der Waals surface area contributed by atoms with Gasteiger partial charge in [0.2, 0.25) is 0 Å². The summed E-state index contributed by atoms with van der Waals surface area (Å²) in [6, 6.07) is 2.00. The Balaban J connectivity index is 2.46. The molecule has 0 saturated carbocycles. The predicted octanol–water partition coefficient (Wildman–Crippen LogP) is -0.0714. The fourth-order valence-electron chi connectivity index (χ4n) is 1.74. The zero-order valence-corrected chi connectivity index (χ0v) is 6.91. The first-order valence-electron chi connectivity index (χ1n) is 4.13. The molecule has 3 nitrogen and oxygen atoms in total. The Morgan fingerprint density at radius 1 is 1.15 bits per heavy atom. The van der Waals surface area contributed by atoms with E-state index in [1.165, 1.54) is 0 Å². The van der Waals surface area contributed by atoms with Crippen LogP contribution < -0.4 is 10.4 Å². The van der Waals surface area contributed by atoms with Gasteiger partial charge in [-0.3, -0.25) is 0 Å². The minimum absolute atomic E-state index is 0.304. The molecule has 0 radical (unpaired) electrons. The summed E-state index contributed by atoms with van der Waals surface area (Å²) >= 11 is 0. The first-order valence-corrected chi connectivity index (χ1v) is 4.13. The smallest absolute Gasteiger partial charge is 0.133 e. The number of rotatable bonds is 0. The van der Waals surface area contributed by atoms with Gasteiger partial charge in [-0.2, -0.15) is 0 Å². The van der Waals surface area contributed by atoms with Crippen molar-refractivity contribution in [2.24, 2.45) is 0 Å². The number of phenolic OH excluding ortho intramolecular Hbond substituents is 1. The van der Waals surface area contributed by atoms with Gasteiger partial charge in [0.25, 0.3) is 0 Å². The Morgan fingerprint density at radius 3 is 2.92 bits per heavy atom. The number of ether oxygens (including phenoxy) is 2. The van der Waals surface area contributed by atoms with Crippen LogP contribution in [0.4, 0.5) is 0 Å². The lowest BCUT2D eigenvalue weighted by molar-refractivity contribution is 0.291. The van der Waals surface area contributed by atoms with Gasteiger partial charge in [-0.25, -0.2) is 0 Å². The van der Waals surface area contributed by atoms with E-state index in [2.05, 4.69) is 0 Å². The van der Waals surface area contributed by atoms with Crippen molar-refractivity contribution in [1.82, 2.24) is 0 Å². The van der Waals surface area contributed by atoms with E-state index >= 15 is 0 Å². The molecule has 0 aliphatic carbocycles. The van der Waals surface area contributed by atoms with Crippen molar-refractivity contribution in [3.05, 3.63) is 27.6 Å². The average Bonchev–Trinajstić information content (AvgIpc) is 2.71. The topological polar surface area (TPSA) is 38.7 Å². The summed E-state index contributed by atoms with van der Waals surface area (Å²) in [4.78, 5) is 0. The van der Waals surface area contributed by atoms with Crippen LogP contribution in [0.5, 0.6) is 5.75 Å². The van der Waals surface area contributed by atoms with Gasteiger partial charge >= 0.3 is 0 Å². The Hall–Kier alpha value is -1.64. The van der Waals surface area contributed by atoms with Crippen LogP contribution in [0.1, 0.15) is 11.1 Å². The number of hydrogen-bond donors (Lipinski definition) is 1. The Morgan fingerprint density at radius 2 is 2.00 bits per heavy atom. The Labute approximate surface area is 74.5 Å². The Kier molecular flexibility index (Phi) is 1.15. The van der Waals surface area contributed by atoms with Crippen molar-refractivity contribution in [2.45, 2.75) is 13.2 Å². The molecule has 0 unspecified atom stereocenters. The molecule has 1 N–H and O–H groups in total. The van der Waals surface area contributed by atoms with Crippen LogP contribution >= 0.6 is 0 Å². The number of fused-ring (bicyclic) bond motifs is 2. The summed E-state index contributed by atoms with van der Waals surface area (Å²) in [5.74, 6) is 0.304. The zero-order valence-electron chi connectivity index (χ0n) is 6.91. The highest BCUT2D eigenvalue weighted by atomic mass is 16.5. The highest BCUT2D eigenvalue weighted by molar-refractivity contribution is 5.48. The monoisotopic (exact) mass is 176 g/mol. The van der Waals surface area contributed by atoms with Gasteiger partial charge in [0.1, 0.15) is 19.0 Å². The molecule has 0 atom stereocenters. The third-order valence-corrected chi connectivity index (χ3v) is 2.44. The van der Waals surface area contributed by atoms with E-state index in [1.54, 1.807) is 12.5 Å². The highest BCUT2D eigenvalue weighted by Gasteiger charge is 2.16. The summed E-state index contributed by atoms with van der Waals surface area (Å²) in [5.41, 5.74) is 1.89. The van der Waals surface area contributed by atoms with Gasteiger partial charge in [-0.05, 0) is 6.07 Å². The molecule has 0 saturated heterocycles. The normalized spacial score (nSPS) is 16.3.